The Morgan fingerprint density at radius 3 is 2.48 bits per heavy atom. The van der Waals surface area contributed by atoms with E-state index in [9.17, 15) is 8.42 Å². The highest BCUT2D eigenvalue weighted by Gasteiger charge is 2.31. The summed E-state index contributed by atoms with van der Waals surface area (Å²) in [5, 5.41) is 6.15. The Bertz CT molecular complexity index is 1380. The predicted molar refractivity (Wildman–Crippen MR) is 125 cm³/mol. The van der Waals surface area contributed by atoms with Gasteiger partial charge in [-0.25, -0.2) is 13.4 Å². The fraction of sp³-hybridized carbons (Fsp3) is 0.286. The number of ether oxygens (including phenoxy) is 2. The van der Waals surface area contributed by atoms with Gasteiger partial charge in [-0.3, -0.25) is 0 Å². The van der Waals surface area contributed by atoms with Crippen LogP contribution in [-0.4, -0.2) is 72.7 Å². The molecule has 10 nitrogen and oxygen atoms in total. The van der Waals surface area contributed by atoms with E-state index in [0.29, 0.717) is 47.7 Å². The second-order valence-electron chi connectivity index (χ2n) is 7.36. The lowest BCUT2D eigenvalue weighted by molar-refractivity contribution is 0.355. The van der Waals surface area contributed by atoms with Crippen LogP contribution >= 0.6 is 11.3 Å². The number of sulfonamides is 1. The summed E-state index contributed by atoms with van der Waals surface area (Å²) in [6.07, 6.45) is 3.22. The molecule has 0 N–H and O–H groups in total. The molecule has 0 spiro atoms. The molecule has 5 rings (SSSR count). The van der Waals surface area contributed by atoms with Gasteiger partial charge in [0.2, 0.25) is 0 Å². The minimum absolute atomic E-state index is 0.365. The van der Waals surface area contributed by atoms with Crippen molar-refractivity contribution in [3.05, 3.63) is 48.2 Å². The van der Waals surface area contributed by atoms with Crippen molar-refractivity contribution in [1.29, 1.82) is 0 Å². The molecule has 0 atom stereocenters. The number of hydrogen-bond acceptors (Lipinski definition) is 9. The van der Waals surface area contributed by atoms with Crippen LogP contribution in [0, 0.1) is 0 Å². The molecule has 4 heterocycles. The van der Waals surface area contributed by atoms with Gasteiger partial charge in [0.15, 0.2) is 11.5 Å². The van der Waals surface area contributed by atoms with Crippen LogP contribution in [0.4, 0.5) is 5.82 Å². The first-order valence-electron chi connectivity index (χ1n) is 10.2. The van der Waals surface area contributed by atoms with E-state index in [1.54, 1.807) is 42.4 Å². The second-order valence-corrected chi connectivity index (χ2v) is 10.5. The quantitative estimate of drug-likeness (QED) is 0.409. The standard InChI is InChI=1S/C21H22N6O4S2/c1-30-17-6-5-15(12-18(17)31-2)16-13-22-21-23-14-24-27(21)20(16)25-7-9-26(10-8-25)33(28,29)19-4-3-11-32-19/h3-6,11-14H,7-10H2,1-2H3. The molecule has 0 unspecified atom stereocenters. The maximum Gasteiger partial charge on any atom is 0.254 e. The van der Waals surface area contributed by atoms with Crippen LogP contribution in [0.25, 0.3) is 16.9 Å². The normalized spacial score (nSPS) is 15.2. The van der Waals surface area contributed by atoms with E-state index in [1.807, 2.05) is 18.2 Å². The zero-order valence-corrected chi connectivity index (χ0v) is 19.7. The van der Waals surface area contributed by atoms with Gasteiger partial charge in [0.05, 0.1) is 14.2 Å². The average molecular weight is 487 g/mol. The van der Waals surface area contributed by atoms with E-state index in [-0.39, 0.29) is 0 Å². The summed E-state index contributed by atoms with van der Waals surface area (Å²) < 4.78 is 40.3. The van der Waals surface area contributed by atoms with Crippen molar-refractivity contribution < 1.29 is 17.9 Å². The third kappa shape index (κ3) is 3.79. The smallest absolute Gasteiger partial charge is 0.254 e. The Hall–Kier alpha value is -3.22. The molecule has 3 aromatic heterocycles. The molecule has 4 aromatic rings. The average Bonchev–Trinajstić information content (AvgIpc) is 3.56. The maximum atomic E-state index is 12.9. The molecule has 0 radical (unpaired) electrons. The monoisotopic (exact) mass is 486 g/mol. The molecule has 0 bridgehead atoms. The topological polar surface area (TPSA) is 102 Å². The molecule has 1 aliphatic rings. The predicted octanol–water partition coefficient (Wildman–Crippen LogP) is 2.38. The lowest BCUT2D eigenvalue weighted by atomic mass is 10.1. The van der Waals surface area contributed by atoms with Crippen molar-refractivity contribution in [3.8, 4) is 22.6 Å². The Morgan fingerprint density at radius 1 is 1.00 bits per heavy atom. The van der Waals surface area contributed by atoms with Gasteiger partial charge >= 0.3 is 0 Å². The molecule has 1 aliphatic heterocycles. The van der Waals surface area contributed by atoms with Crippen molar-refractivity contribution in [2.75, 3.05) is 45.3 Å². The van der Waals surface area contributed by atoms with Gasteiger partial charge in [-0.1, -0.05) is 12.1 Å². The zero-order chi connectivity index (χ0) is 23.0. The molecular formula is C21H22N6O4S2. The van der Waals surface area contributed by atoms with Crippen LogP contribution in [0.2, 0.25) is 0 Å². The van der Waals surface area contributed by atoms with Gasteiger partial charge in [-0.15, -0.1) is 11.3 Å². The molecular weight excluding hydrogens is 464 g/mol. The molecule has 33 heavy (non-hydrogen) atoms. The van der Waals surface area contributed by atoms with Crippen molar-refractivity contribution in [2.45, 2.75) is 4.21 Å². The number of hydrogen-bond donors (Lipinski definition) is 0. The summed E-state index contributed by atoms with van der Waals surface area (Å²) in [5.74, 6) is 2.51. The van der Waals surface area contributed by atoms with Gasteiger partial charge in [0.1, 0.15) is 16.4 Å². The first-order chi connectivity index (χ1) is 16.0. The molecule has 1 fully saturated rings. The summed E-state index contributed by atoms with van der Waals surface area (Å²) in [5.41, 5.74) is 1.71. The van der Waals surface area contributed by atoms with Gasteiger partial charge in [-0.05, 0) is 29.1 Å². The first-order valence-corrected chi connectivity index (χ1v) is 12.5. The largest absolute Gasteiger partial charge is 0.493 e. The van der Waals surface area contributed by atoms with E-state index in [4.69, 9.17) is 9.47 Å². The van der Waals surface area contributed by atoms with Crippen molar-refractivity contribution in [1.82, 2.24) is 23.9 Å². The van der Waals surface area contributed by atoms with Crippen LogP contribution in [0.5, 0.6) is 11.5 Å². The fourth-order valence-electron chi connectivity index (χ4n) is 3.96. The van der Waals surface area contributed by atoms with Gasteiger partial charge in [0, 0.05) is 37.9 Å². The number of rotatable bonds is 6. The number of thiophene rings is 1. The highest BCUT2D eigenvalue weighted by Crippen LogP contribution is 2.37. The van der Waals surface area contributed by atoms with Gasteiger partial charge < -0.3 is 14.4 Å². The van der Waals surface area contributed by atoms with E-state index in [2.05, 4.69) is 20.0 Å². The SMILES string of the molecule is COc1ccc(-c2cnc3ncnn3c2N2CCN(S(=O)(=O)c3cccs3)CC2)cc1OC. The van der Waals surface area contributed by atoms with Crippen LogP contribution in [0.1, 0.15) is 0 Å². The number of anilines is 1. The second kappa shape index (κ2) is 8.61. The molecule has 1 aromatic carbocycles. The Labute approximate surface area is 195 Å². The molecule has 1 saturated heterocycles. The summed E-state index contributed by atoms with van der Waals surface area (Å²) in [4.78, 5) is 10.8. The number of aromatic nitrogens is 4. The number of piperazine rings is 1. The molecule has 0 saturated carbocycles. The Morgan fingerprint density at radius 2 is 1.79 bits per heavy atom. The molecule has 12 heteroatoms. The molecule has 0 aliphatic carbocycles. The molecule has 172 valence electrons. The summed E-state index contributed by atoms with van der Waals surface area (Å²) >= 11 is 1.23. The minimum Gasteiger partial charge on any atom is -0.493 e. The third-order valence-corrected chi connectivity index (χ3v) is 8.87. The fourth-order valence-corrected chi connectivity index (χ4v) is 6.52. The highest BCUT2D eigenvalue weighted by atomic mass is 32.2. The lowest BCUT2D eigenvalue weighted by Gasteiger charge is -2.35. The number of fused-ring (bicyclic) bond motifs is 1. The van der Waals surface area contributed by atoms with Crippen LogP contribution < -0.4 is 14.4 Å². The van der Waals surface area contributed by atoms with Crippen LogP contribution in [0.15, 0.2) is 52.4 Å². The van der Waals surface area contributed by atoms with E-state index in [0.717, 1.165) is 16.9 Å². The summed E-state index contributed by atoms with van der Waals surface area (Å²) in [6, 6.07) is 9.06. The third-order valence-electron chi connectivity index (χ3n) is 5.60. The Balaban J connectivity index is 1.51. The number of nitrogens with zero attached hydrogens (tertiary/aromatic N) is 6. The first kappa shape index (κ1) is 21.6. The zero-order valence-electron chi connectivity index (χ0n) is 18.1. The van der Waals surface area contributed by atoms with Gasteiger partial charge in [-0.2, -0.15) is 18.9 Å². The highest BCUT2D eigenvalue weighted by molar-refractivity contribution is 7.91. The van der Waals surface area contributed by atoms with Crippen molar-refractivity contribution >= 4 is 33.0 Å². The molecule has 0 amide bonds. The van der Waals surface area contributed by atoms with E-state index in [1.165, 1.54) is 22.0 Å². The van der Waals surface area contributed by atoms with E-state index < -0.39 is 10.0 Å². The lowest BCUT2D eigenvalue weighted by Crippen LogP contribution is -2.49. The maximum absolute atomic E-state index is 12.9. The van der Waals surface area contributed by atoms with Crippen LogP contribution in [-0.2, 0) is 10.0 Å². The number of benzene rings is 1. The summed E-state index contributed by atoms with van der Waals surface area (Å²) in [6.45, 7) is 1.74. The van der Waals surface area contributed by atoms with Crippen molar-refractivity contribution in [2.24, 2.45) is 0 Å². The van der Waals surface area contributed by atoms with Gasteiger partial charge in [0.25, 0.3) is 15.8 Å². The Kier molecular flexibility index (Phi) is 5.64. The van der Waals surface area contributed by atoms with Crippen LogP contribution in [0.3, 0.4) is 0 Å². The minimum atomic E-state index is -3.49. The number of methoxy groups -OCH3 is 2. The van der Waals surface area contributed by atoms with E-state index >= 15 is 0 Å². The van der Waals surface area contributed by atoms with Crippen molar-refractivity contribution in [3.63, 3.8) is 0 Å². The summed E-state index contributed by atoms with van der Waals surface area (Å²) in [7, 11) is -0.302.